The van der Waals surface area contributed by atoms with Crippen molar-refractivity contribution in [1.29, 1.82) is 0 Å². The van der Waals surface area contributed by atoms with Gasteiger partial charge < -0.3 is 4.90 Å². The van der Waals surface area contributed by atoms with Gasteiger partial charge in [-0.1, -0.05) is 0 Å². The molecule has 5 nitrogen and oxygen atoms in total. The third-order valence-corrected chi connectivity index (χ3v) is 5.07. The molecular formula is C11H13ClN2O3S. The first-order chi connectivity index (χ1) is 8.30. The van der Waals surface area contributed by atoms with Gasteiger partial charge in [0.2, 0.25) is 15.0 Å². The van der Waals surface area contributed by atoms with Gasteiger partial charge in [0.15, 0.2) is 0 Å². The van der Waals surface area contributed by atoms with Crippen LogP contribution in [0.5, 0.6) is 0 Å². The second kappa shape index (κ2) is 4.51. The predicted molar refractivity (Wildman–Crippen MR) is 69.2 cm³/mol. The van der Waals surface area contributed by atoms with Crippen LogP contribution in [0.4, 0.5) is 5.69 Å². The lowest BCUT2D eigenvalue weighted by Gasteiger charge is -2.19. The first-order valence-corrected chi connectivity index (χ1v) is 7.84. The standard InChI is InChI=1S/C11H13ClN2O3S/c1-7-8(2)13-4-3-10(7)14-6-9(5-11(14)15)18(12,16)17/h3-4,9H,5-6H2,1-2H3. The van der Waals surface area contributed by atoms with Crippen LogP contribution in [-0.2, 0) is 13.8 Å². The molecule has 0 spiro atoms. The van der Waals surface area contributed by atoms with Gasteiger partial charge in [0.05, 0.1) is 0 Å². The zero-order valence-corrected chi connectivity index (χ0v) is 11.6. The normalized spacial score (nSPS) is 20.5. The van der Waals surface area contributed by atoms with Gasteiger partial charge in [-0.3, -0.25) is 9.78 Å². The summed E-state index contributed by atoms with van der Waals surface area (Å²) in [5, 5.41) is -0.834. The van der Waals surface area contributed by atoms with E-state index in [0.717, 1.165) is 11.3 Å². The van der Waals surface area contributed by atoms with Gasteiger partial charge in [0.1, 0.15) is 5.25 Å². The van der Waals surface area contributed by atoms with Gasteiger partial charge in [0, 0.05) is 41.2 Å². The van der Waals surface area contributed by atoms with E-state index in [1.165, 1.54) is 4.90 Å². The number of anilines is 1. The first-order valence-electron chi connectivity index (χ1n) is 5.46. The minimum atomic E-state index is -3.71. The molecule has 7 heteroatoms. The summed E-state index contributed by atoms with van der Waals surface area (Å²) >= 11 is 0. The van der Waals surface area contributed by atoms with Gasteiger partial charge in [-0.25, -0.2) is 8.42 Å². The Balaban J connectivity index is 2.36. The lowest BCUT2D eigenvalue weighted by molar-refractivity contribution is -0.117. The summed E-state index contributed by atoms with van der Waals surface area (Å²) in [6.45, 7) is 3.80. The van der Waals surface area contributed by atoms with E-state index in [1.807, 2.05) is 13.8 Å². The lowest BCUT2D eigenvalue weighted by atomic mass is 10.2. The second-order valence-electron chi connectivity index (χ2n) is 4.35. The first kappa shape index (κ1) is 13.3. The van der Waals surface area contributed by atoms with Gasteiger partial charge in [-0.2, -0.15) is 0 Å². The maximum atomic E-state index is 11.9. The summed E-state index contributed by atoms with van der Waals surface area (Å²) < 4.78 is 22.6. The topological polar surface area (TPSA) is 67.3 Å². The van der Waals surface area contributed by atoms with Crippen LogP contribution in [0.2, 0.25) is 0 Å². The molecule has 0 aromatic carbocycles. The average Bonchev–Trinajstić information content (AvgIpc) is 2.64. The molecule has 1 aliphatic heterocycles. The average molecular weight is 289 g/mol. The highest BCUT2D eigenvalue weighted by Gasteiger charge is 2.38. The minimum Gasteiger partial charge on any atom is -0.311 e. The highest BCUT2D eigenvalue weighted by atomic mass is 35.7. The van der Waals surface area contributed by atoms with Crippen molar-refractivity contribution in [3.05, 3.63) is 23.5 Å². The van der Waals surface area contributed by atoms with E-state index in [0.29, 0.717) is 5.69 Å². The van der Waals surface area contributed by atoms with Crippen molar-refractivity contribution in [2.24, 2.45) is 0 Å². The Bertz CT molecular complexity index is 600. The van der Waals surface area contributed by atoms with Crippen LogP contribution >= 0.6 is 10.7 Å². The Kier molecular flexibility index (Phi) is 3.33. The van der Waals surface area contributed by atoms with Gasteiger partial charge in [0.25, 0.3) is 0 Å². The molecule has 1 unspecified atom stereocenters. The maximum Gasteiger partial charge on any atom is 0.237 e. The van der Waals surface area contributed by atoms with Crippen LogP contribution in [0.3, 0.4) is 0 Å². The summed E-state index contributed by atoms with van der Waals surface area (Å²) in [6, 6.07) is 1.71. The molecule has 1 amide bonds. The summed E-state index contributed by atoms with van der Waals surface area (Å²) in [5.41, 5.74) is 2.39. The molecule has 1 aliphatic rings. The van der Waals surface area contributed by atoms with Crippen LogP contribution in [-0.4, -0.2) is 31.1 Å². The molecule has 1 atom stereocenters. The smallest absolute Gasteiger partial charge is 0.237 e. The number of rotatable bonds is 2. The molecule has 0 aliphatic carbocycles. The maximum absolute atomic E-state index is 11.9. The van der Waals surface area contributed by atoms with Gasteiger partial charge >= 0.3 is 0 Å². The van der Waals surface area contributed by atoms with Crippen molar-refractivity contribution in [2.45, 2.75) is 25.5 Å². The number of aryl methyl sites for hydroxylation is 1. The molecule has 0 bridgehead atoms. The number of hydrogen-bond acceptors (Lipinski definition) is 4. The number of hydrogen-bond donors (Lipinski definition) is 0. The summed E-state index contributed by atoms with van der Waals surface area (Å²) in [6.07, 6.45) is 1.54. The van der Waals surface area contributed by atoms with Crippen LogP contribution in [0.1, 0.15) is 17.7 Å². The molecule has 18 heavy (non-hydrogen) atoms. The molecular weight excluding hydrogens is 276 g/mol. The number of halogens is 1. The van der Waals surface area contributed by atoms with Crippen LogP contribution in [0, 0.1) is 13.8 Å². The molecule has 0 saturated carbocycles. The summed E-state index contributed by atoms with van der Waals surface area (Å²) in [4.78, 5) is 17.5. The van der Waals surface area contributed by atoms with Crippen molar-refractivity contribution in [1.82, 2.24) is 4.98 Å². The fraction of sp³-hybridized carbons (Fsp3) is 0.455. The van der Waals surface area contributed by atoms with Crippen LogP contribution < -0.4 is 4.90 Å². The molecule has 1 aromatic rings. The molecule has 0 radical (unpaired) electrons. The highest BCUT2D eigenvalue weighted by molar-refractivity contribution is 8.14. The zero-order valence-electron chi connectivity index (χ0n) is 10.1. The fourth-order valence-electron chi connectivity index (χ4n) is 2.02. The van der Waals surface area contributed by atoms with Gasteiger partial charge in [-0.15, -0.1) is 0 Å². The molecule has 2 heterocycles. The zero-order chi connectivity index (χ0) is 13.5. The highest BCUT2D eigenvalue weighted by Crippen LogP contribution is 2.29. The largest absolute Gasteiger partial charge is 0.311 e. The van der Waals surface area contributed by atoms with Gasteiger partial charge in [-0.05, 0) is 25.5 Å². The molecule has 98 valence electrons. The summed E-state index contributed by atoms with van der Waals surface area (Å²) in [7, 11) is 1.60. The minimum absolute atomic E-state index is 0.0629. The van der Waals surface area contributed by atoms with E-state index >= 15 is 0 Å². The van der Waals surface area contributed by atoms with E-state index in [4.69, 9.17) is 10.7 Å². The Morgan fingerprint density at radius 3 is 2.67 bits per heavy atom. The van der Waals surface area contributed by atoms with E-state index in [9.17, 15) is 13.2 Å². The third-order valence-electron chi connectivity index (χ3n) is 3.21. The van der Waals surface area contributed by atoms with Crippen molar-refractivity contribution < 1.29 is 13.2 Å². The number of nitrogens with zero attached hydrogens (tertiary/aromatic N) is 2. The molecule has 0 N–H and O–H groups in total. The van der Waals surface area contributed by atoms with Crippen molar-refractivity contribution in [2.75, 3.05) is 11.4 Å². The Hall–Kier alpha value is -1.14. The SMILES string of the molecule is Cc1nccc(N2CC(S(=O)(=O)Cl)CC2=O)c1C. The lowest BCUT2D eigenvalue weighted by Crippen LogP contribution is -2.27. The predicted octanol–water partition coefficient (Wildman–Crippen LogP) is 1.37. The van der Waals surface area contributed by atoms with E-state index in [1.54, 1.807) is 12.3 Å². The monoisotopic (exact) mass is 288 g/mol. The third kappa shape index (κ3) is 2.35. The second-order valence-corrected chi connectivity index (χ2v) is 7.25. The van der Waals surface area contributed by atoms with Crippen molar-refractivity contribution in [3.8, 4) is 0 Å². The summed E-state index contributed by atoms with van der Waals surface area (Å²) in [5.74, 6) is -0.224. The molecule has 2 rings (SSSR count). The fourth-order valence-corrected chi connectivity index (χ4v) is 3.04. The molecule has 1 saturated heterocycles. The van der Waals surface area contributed by atoms with Crippen LogP contribution in [0.15, 0.2) is 12.3 Å². The number of aromatic nitrogens is 1. The van der Waals surface area contributed by atoms with E-state index in [-0.39, 0.29) is 18.9 Å². The van der Waals surface area contributed by atoms with Crippen LogP contribution in [0.25, 0.3) is 0 Å². The number of amides is 1. The quantitative estimate of drug-likeness (QED) is 0.771. The van der Waals surface area contributed by atoms with Crippen molar-refractivity contribution in [3.63, 3.8) is 0 Å². The Morgan fingerprint density at radius 2 is 2.11 bits per heavy atom. The Labute approximate surface area is 110 Å². The molecule has 1 aromatic heterocycles. The number of pyridine rings is 1. The van der Waals surface area contributed by atoms with E-state index in [2.05, 4.69) is 4.98 Å². The number of carbonyl (C=O) groups is 1. The molecule has 1 fully saturated rings. The van der Waals surface area contributed by atoms with E-state index < -0.39 is 14.3 Å². The Morgan fingerprint density at radius 1 is 1.44 bits per heavy atom. The number of carbonyl (C=O) groups excluding carboxylic acids is 1. The van der Waals surface area contributed by atoms with Crippen molar-refractivity contribution >= 4 is 31.3 Å².